The molecule has 24 heavy (non-hydrogen) atoms. The van der Waals surface area contributed by atoms with E-state index in [1.54, 1.807) is 18.2 Å². The van der Waals surface area contributed by atoms with Crippen molar-refractivity contribution in [2.75, 3.05) is 0 Å². The molecule has 6 heteroatoms. The summed E-state index contributed by atoms with van der Waals surface area (Å²) in [4.78, 5) is 37.9. The minimum atomic E-state index is -0.499. The van der Waals surface area contributed by atoms with Crippen LogP contribution in [0.1, 0.15) is 23.2 Å². The van der Waals surface area contributed by atoms with Crippen molar-refractivity contribution in [1.82, 2.24) is 10.4 Å². The largest absolute Gasteiger partial charge is 0.272 e. The summed E-state index contributed by atoms with van der Waals surface area (Å²) in [6.45, 7) is 0. The third-order valence-corrected chi connectivity index (χ3v) is 6.39. The quantitative estimate of drug-likeness (QED) is 0.661. The summed E-state index contributed by atoms with van der Waals surface area (Å²) < 4.78 is 0. The first-order chi connectivity index (χ1) is 11.5. The Bertz CT molecular complexity index is 795. The predicted molar refractivity (Wildman–Crippen MR) is 85.5 cm³/mol. The lowest BCUT2D eigenvalue weighted by Crippen LogP contribution is -2.47. The van der Waals surface area contributed by atoms with Gasteiger partial charge in [0, 0.05) is 10.6 Å². The minimum Gasteiger partial charge on any atom is -0.272 e. The molecule has 0 radical (unpaired) electrons. The number of nitrogens with zero attached hydrogens (tertiary/aromatic N) is 1. The number of amides is 3. The average molecular weight is 343 g/mol. The van der Waals surface area contributed by atoms with Gasteiger partial charge in [0.05, 0.1) is 11.8 Å². The third-order valence-electron chi connectivity index (χ3n) is 6.15. The summed E-state index contributed by atoms with van der Waals surface area (Å²) in [5.74, 6) is -1.37. The van der Waals surface area contributed by atoms with Crippen molar-refractivity contribution in [2.45, 2.75) is 12.8 Å². The van der Waals surface area contributed by atoms with Gasteiger partial charge in [0.2, 0.25) is 0 Å². The van der Waals surface area contributed by atoms with Crippen LogP contribution in [-0.4, -0.2) is 22.7 Å². The molecule has 1 aromatic carbocycles. The number of carbonyl (C=O) groups excluding carboxylic acids is 3. The second-order valence-electron chi connectivity index (χ2n) is 7.18. The molecule has 3 amide bonds. The monoisotopic (exact) mass is 342 g/mol. The Kier molecular flexibility index (Phi) is 2.65. The van der Waals surface area contributed by atoms with E-state index >= 15 is 0 Å². The molecular formula is C18H15ClN2O3. The van der Waals surface area contributed by atoms with Gasteiger partial charge in [0.25, 0.3) is 17.7 Å². The normalized spacial score (nSPS) is 34.1. The Morgan fingerprint density at radius 2 is 1.75 bits per heavy atom. The standard InChI is InChI=1S/C18H15ClN2O3/c19-10-3-1-2-9(8-10)15(22)20-21-16(23)13-11-4-5-12(14(13)17(21)24)18(11)6-7-18/h1-5,8,11-14H,6-7H2,(H,20,22)/t11-,12+,13+,14-. The lowest BCUT2D eigenvalue weighted by atomic mass is 9.85. The molecule has 0 aromatic heterocycles. The first kappa shape index (κ1) is 14.2. The van der Waals surface area contributed by atoms with Gasteiger partial charge in [0.1, 0.15) is 0 Å². The smallest absolute Gasteiger partial charge is 0.270 e. The zero-order chi connectivity index (χ0) is 16.6. The number of rotatable bonds is 2. The van der Waals surface area contributed by atoms with E-state index < -0.39 is 5.91 Å². The first-order valence-electron chi connectivity index (χ1n) is 8.16. The molecule has 2 bridgehead atoms. The number of hydrazine groups is 1. The topological polar surface area (TPSA) is 66.5 Å². The highest BCUT2D eigenvalue weighted by molar-refractivity contribution is 6.31. The fourth-order valence-corrected chi connectivity index (χ4v) is 5.17. The summed E-state index contributed by atoms with van der Waals surface area (Å²) >= 11 is 5.89. The highest BCUT2D eigenvalue weighted by atomic mass is 35.5. The van der Waals surface area contributed by atoms with E-state index in [1.807, 2.05) is 0 Å². The highest BCUT2D eigenvalue weighted by Gasteiger charge is 2.73. The Morgan fingerprint density at radius 1 is 1.12 bits per heavy atom. The maximum atomic E-state index is 12.8. The van der Waals surface area contributed by atoms with Crippen LogP contribution in [0.25, 0.3) is 0 Å². The number of benzene rings is 1. The first-order valence-corrected chi connectivity index (χ1v) is 8.53. The second kappa shape index (κ2) is 4.48. The summed E-state index contributed by atoms with van der Waals surface area (Å²) in [6.07, 6.45) is 6.40. The lowest BCUT2D eigenvalue weighted by Gasteiger charge is -2.22. The zero-order valence-electron chi connectivity index (χ0n) is 12.7. The number of imide groups is 1. The van der Waals surface area contributed by atoms with Gasteiger partial charge < -0.3 is 0 Å². The molecule has 4 atom stereocenters. The number of carbonyl (C=O) groups is 3. The number of allylic oxidation sites excluding steroid dienone is 2. The van der Waals surface area contributed by atoms with E-state index in [-0.39, 0.29) is 40.9 Å². The van der Waals surface area contributed by atoms with Crippen LogP contribution in [0.2, 0.25) is 5.02 Å². The molecule has 1 spiro atoms. The van der Waals surface area contributed by atoms with Crippen LogP contribution in [0.4, 0.5) is 0 Å². The summed E-state index contributed by atoms with van der Waals surface area (Å²) in [6, 6.07) is 6.42. The van der Waals surface area contributed by atoms with Gasteiger partial charge in [-0.05, 0) is 48.3 Å². The van der Waals surface area contributed by atoms with E-state index in [4.69, 9.17) is 11.6 Å². The van der Waals surface area contributed by atoms with E-state index in [9.17, 15) is 14.4 Å². The maximum absolute atomic E-state index is 12.8. The molecule has 0 unspecified atom stereocenters. The van der Waals surface area contributed by atoms with E-state index in [1.165, 1.54) is 6.07 Å². The fraction of sp³-hybridized carbons (Fsp3) is 0.389. The van der Waals surface area contributed by atoms with Crippen LogP contribution in [-0.2, 0) is 9.59 Å². The Balaban J connectivity index is 1.41. The molecule has 5 rings (SSSR count). The molecule has 1 aromatic rings. The number of halogens is 1. The minimum absolute atomic E-state index is 0.150. The van der Waals surface area contributed by atoms with Gasteiger partial charge in [-0.2, -0.15) is 5.01 Å². The number of hydrogen-bond donors (Lipinski definition) is 1. The van der Waals surface area contributed by atoms with Gasteiger partial charge in [0.15, 0.2) is 0 Å². The number of nitrogens with one attached hydrogen (secondary N) is 1. The molecule has 1 N–H and O–H groups in total. The Morgan fingerprint density at radius 3 is 2.29 bits per heavy atom. The van der Waals surface area contributed by atoms with Crippen LogP contribution < -0.4 is 5.43 Å². The van der Waals surface area contributed by atoms with E-state index in [2.05, 4.69) is 17.6 Å². The van der Waals surface area contributed by atoms with Crippen LogP contribution in [0.15, 0.2) is 36.4 Å². The van der Waals surface area contributed by atoms with E-state index in [0.717, 1.165) is 17.9 Å². The van der Waals surface area contributed by atoms with Crippen molar-refractivity contribution >= 4 is 29.3 Å². The third kappa shape index (κ3) is 1.63. The fourth-order valence-electron chi connectivity index (χ4n) is 4.98. The maximum Gasteiger partial charge on any atom is 0.270 e. The second-order valence-corrected chi connectivity index (χ2v) is 7.62. The molecule has 5 nitrogen and oxygen atoms in total. The predicted octanol–water partition coefficient (Wildman–Crippen LogP) is 2.18. The molecular weight excluding hydrogens is 328 g/mol. The van der Waals surface area contributed by atoms with Crippen molar-refractivity contribution in [3.8, 4) is 0 Å². The molecule has 2 saturated carbocycles. The average Bonchev–Trinajstić information content (AvgIpc) is 3.17. The molecule has 1 saturated heterocycles. The van der Waals surface area contributed by atoms with Crippen molar-refractivity contribution in [3.05, 3.63) is 47.0 Å². The van der Waals surface area contributed by atoms with E-state index in [0.29, 0.717) is 10.6 Å². The SMILES string of the molecule is O=C(NN1C(=O)[C@@H]2[C@H](C1=O)[C@@H]1C=C[C@H]2C12CC2)c1cccc(Cl)c1. The van der Waals surface area contributed by atoms with Crippen LogP contribution in [0.5, 0.6) is 0 Å². The van der Waals surface area contributed by atoms with Gasteiger partial charge in [-0.1, -0.05) is 29.8 Å². The van der Waals surface area contributed by atoms with Crippen molar-refractivity contribution in [2.24, 2.45) is 29.1 Å². The van der Waals surface area contributed by atoms with Crippen molar-refractivity contribution < 1.29 is 14.4 Å². The Labute approximate surface area is 143 Å². The van der Waals surface area contributed by atoms with Gasteiger partial charge in [-0.3, -0.25) is 19.8 Å². The molecule has 122 valence electrons. The van der Waals surface area contributed by atoms with Gasteiger partial charge in [-0.25, -0.2) is 0 Å². The Hall–Kier alpha value is -2.14. The lowest BCUT2D eigenvalue weighted by molar-refractivity contribution is -0.144. The van der Waals surface area contributed by atoms with Gasteiger partial charge >= 0.3 is 0 Å². The zero-order valence-corrected chi connectivity index (χ0v) is 13.5. The molecule has 1 aliphatic heterocycles. The van der Waals surface area contributed by atoms with Gasteiger partial charge in [-0.15, -0.1) is 0 Å². The highest BCUT2D eigenvalue weighted by Crippen LogP contribution is 2.73. The van der Waals surface area contributed by atoms with Crippen molar-refractivity contribution in [3.63, 3.8) is 0 Å². The number of hydrogen-bond acceptors (Lipinski definition) is 3. The molecule has 3 fully saturated rings. The van der Waals surface area contributed by atoms with Crippen LogP contribution in [0, 0.1) is 29.1 Å². The molecule has 4 aliphatic rings. The molecule has 1 heterocycles. The van der Waals surface area contributed by atoms with Crippen molar-refractivity contribution in [1.29, 1.82) is 0 Å². The van der Waals surface area contributed by atoms with Crippen LogP contribution >= 0.6 is 11.6 Å². The number of fused-ring (bicyclic) bond motifs is 3. The summed E-state index contributed by atoms with van der Waals surface area (Å²) in [7, 11) is 0. The summed E-state index contributed by atoms with van der Waals surface area (Å²) in [5.41, 5.74) is 2.95. The van der Waals surface area contributed by atoms with Crippen LogP contribution in [0.3, 0.4) is 0 Å². The summed E-state index contributed by atoms with van der Waals surface area (Å²) in [5, 5.41) is 1.36. The molecule has 3 aliphatic carbocycles.